The molecule has 0 atom stereocenters. The van der Waals surface area contributed by atoms with Crippen LogP contribution in [0.5, 0.6) is 0 Å². The largest absolute Gasteiger partial charge is 0.382 e. The maximum Gasteiger partial charge on any atom is 0.325 e. The Hall–Kier alpha value is -3.43. The van der Waals surface area contributed by atoms with E-state index in [-0.39, 0.29) is 18.7 Å². The van der Waals surface area contributed by atoms with Gasteiger partial charge >= 0.3 is 6.03 Å². The third kappa shape index (κ3) is 3.60. The van der Waals surface area contributed by atoms with Gasteiger partial charge < -0.3 is 11.1 Å². The van der Waals surface area contributed by atoms with Crippen molar-refractivity contribution in [2.75, 3.05) is 12.3 Å². The van der Waals surface area contributed by atoms with E-state index in [9.17, 15) is 23.2 Å². The molecule has 1 aromatic carbocycles. The summed E-state index contributed by atoms with van der Waals surface area (Å²) in [6, 6.07) is 5.70. The van der Waals surface area contributed by atoms with Gasteiger partial charge in [0.1, 0.15) is 11.4 Å². The third-order valence-corrected chi connectivity index (χ3v) is 5.54. The minimum Gasteiger partial charge on any atom is -0.382 e. The lowest BCUT2D eigenvalue weighted by Crippen LogP contribution is -2.51. The van der Waals surface area contributed by atoms with E-state index in [2.05, 4.69) is 15.3 Å². The van der Waals surface area contributed by atoms with E-state index < -0.39 is 48.6 Å². The van der Waals surface area contributed by atoms with Crippen molar-refractivity contribution in [2.45, 2.75) is 37.1 Å². The minimum atomic E-state index is -2.84. The number of nitrogens with one attached hydrogen (secondary N) is 1. The molecule has 0 unspecified atom stereocenters. The number of Topliss-reactive ketones (excluding diaryl/α,β-unsaturated/α-hetero) is 1. The van der Waals surface area contributed by atoms with E-state index in [1.807, 2.05) is 0 Å². The summed E-state index contributed by atoms with van der Waals surface area (Å²) in [7, 11) is 0. The summed E-state index contributed by atoms with van der Waals surface area (Å²) in [5.41, 5.74) is 5.82. The van der Waals surface area contributed by atoms with Crippen molar-refractivity contribution < 1.29 is 23.2 Å². The molecule has 2 heterocycles. The number of nitrogens with two attached hydrogens (primary N) is 1. The molecule has 1 aromatic heterocycles. The predicted octanol–water partition coefficient (Wildman–Crippen LogP) is 2.41. The van der Waals surface area contributed by atoms with Gasteiger partial charge in [0.2, 0.25) is 5.92 Å². The Kier molecular flexibility index (Phi) is 4.71. The number of aromatic nitrogens is 2. The van der Waals surface area contributed by atoms with Crippen LogP contribution in [0, 0.1) is 0 Å². The summed E-state index contributed by atoms with van der Waals surface area (Å²) in [5.74, 6) is -3.64. The maximum absolute atomic E-state index is 13.5. The topological polar surface area (TPSA) is 118 Å². The van der Waals surface area contributed by atoms with Crippen molar-refractivity contribution in [1.29, 1.82) is 0 Å². The molecule has 8 nitrogen and oxygen atoms in total. The number of imide groups is 1. The molecule has 1 saturated heterocycles. The minimum absolute atomic E-state index is 0.148. The lowest BCUT2D eigenvalue weighted by Gasteiger charge is -2.34. The number of hydrogen-bond donors (Lipinski definition) is 2. The van der Waals surface area contributed by atoms with Crippen LogP contribution in [-0.2, 0) is 4.79 Å². The van der Waals surface area contributed by atoms with Crippen molar-refractivity contribution >= 4 is 23.5 Å². The molecule has 10 heteroatoms. The van der Waals surface area contributed by atoms with Crippen molar-refractivity contribution in [1.82, 2.24) is 20.2 Å². The quantitative estimate of drug-likeness (QED) is 0.585. The number of anilines is 1. The molecule has 1 aliphatic carbocycles. The molecule has 0 radical (unpaired) electrons. The molecule has 4 rings (SSSR count). The van der Waals surface area contributed by atoms with E-state index >= 15 is 0 Å². The number of benzene rings is 1. The number of urea groups is 1. The number of ketones is 1. The van der Waals surface area contributed by atoms with Crippen molar-refractivity contribution in [3.8, 4) is 11.3 Å². The van der Waals surface area contributed by atoms with E-state index in [1.54, 1.807) is 24.3 Å². The fraction of sp³-hybridized carbons (Fsp3) is 0.350. The van der Waals surface area contributed by atoms with Crippen LogP contribution < -0.4 is 11.1 Å². The number of halogens is 2. The molecule has 2 fully saturated rings. The first kappa shape index (κ1) is 19.9. The van der Waals surface area contributed by atoms with Crippen molar-refractivity contribution in [3.05, 3.63) is 42.2 Å². The van der Waals surface area contributed by atoms with Gasteiger partial charge in [0, 0.05) is 24.0 Å². The second-order valence-corrected chi connectivity index (χ2v) is 7.59. The van der Waals surface area contributed by atoms with Gasteiger partial charge in [-0.2, -0.15) is 0 Å². The van der Waals surface area contributed by atoms with Crippen LogP contribution in [0.25, 0.3) is 11.3 Å². The van der Waals surface area contributed by atoms with Crippen LogP contribution in [-0.4, -0.2) is 50.6 Å². The number of hydrogen-bond acceptors (Lipinski definition) is 6. The summed E-state index contributed by atoms with van der Waals surface area (Å²) in [4.78, 5) is 46.6. The van der Waals surface area contributed by atoms with Crippen LogP contribution in [0.3, 0.4) is 0 Å². The molecule has 0 bridgehead atoms. The SMILES string of the molecule is Nc1cncc(-c2ccc(C(=O)CN3C(=O)NC4(CCC(F)(F)CC4)C3=O)cc2)n1. The van der Waals surface area contributed by atoms with Gasteiger partial charge in [-0.3, -0.25) is 19.5 Å². The summed E-state index contributed by atoms with van der Waals surface area (Å²) >= 11 is 0. The van der Waals surface area contributed by atoms with E-state index in [0.717, 1.165) is 4.90 Å². The molecular weight excluding hydrogens is 396 g/mol. The second-order valence-electron chi connectivity index (χ2n) is 7.59. The molecule has 1 aliphatic heterocycles. The number of alkyl halides is 2. The van der Waals surface area contributed by atoms with Crippen LogP contribution in [0.1, 0.15) is 36.0 Å². The first-order chi connectivity index (χ1) is 14.2. The maximum atomic E-state index is 13.5. The van der Waals surface area contributed by atoms with E-state index in [0.29, 0.717) is 16.8 Å². The Morgan fingerprint density at radius 2 is 1.77 bits per heavy atom. The summed E-state index contributed by atoms with van der Waals surface area (Å²) in [6.45, 7) is -0.458. The zero-order valence-corrected chi connectivity index (χ0v) is 15.9. The van der Waals surface area contributed by atoms with Gasteiger partial charge in [-0.25, -0.2) is 18.6 Å². The Labute approximate surface area is 170 Å². The first-order valence-corrected chi connectivity index (χ1v) is 9.42. The summed E-state index contributed by atoms with van der Waals surface area (Å²) in [6.07, 6.45) is 1.70. The monoisotopic (exact) mass is 415 g/mol. The lowest BCUT2D eigenvalue weighted by atomic mass is 9.80. The molecule has 2 aliphatic rings. The standard InChI is InChI=1S/C20H19F2N5O3/c21-20(22)7-5-19(6-8-20)17(29)27(18(30)26-19)11-15(28)13-3-1-12(2-4-13)14-9-24-10-16(23)25-14/h1-4,9-10H,5-8,11H2,(H2,23,25)(H,26,30). The molecule has 1 spiro atoms. The highest BCUT2D eigenvalue weighted by atomic mass is 19.3. The number of nitrogen functional groups attached to an aromatic ring is 1. The smallest absolute Gasteiger partial charge is 0.325 e. The second kappa shape index (κ2) is 7.12. The zero-order valence-electron chi connectivity index (χ0n) is 15.9. The number of nitrogens with zero attached hydrogens (tertiary/aromatic N) is 3. The van der Waals surface area contributed by atoms with Gasteiger partial charge in [0.05, 0.1) is 24.6 Å². The Morgan fingerprint density at radius 1 is 1.10 bits per heavy atom. The highest BCUT2D eigenvalue weighted by molar-refractivity contribution is 6.11. The zero-order chi connectivity index (χ0) is 21.5. The molecule has 2 aromatic rings. The Bertz CT molecular complexity index is 1020. The molecular formula is C20H19F2N5O3. The van der Waals surface area contributed by atoms with Gasteiger partial charge in [-0.05, 0) is 12.8 Å². The van der Waals surface area contributed by atoms with E-state index in [1.165, 1.54) is 12.4 Å². The van der Waals surface area contributed by atoms with Crippen LogP contribution in [0.2, 0.25) is 0 Å². The number of amides is 3. The van der Waals surface area contributed by atoms with Crippen LogP contribution in [0.4, 0.5) is 19.4 Å². The molecule has 156 valence electrons. The fourth-order valence-electron chi connectivity index (χ4n) is 3.78. The normalized spacial score (nSPS) is 19.7. The van der Waals surface area contributed by atoms with Gasteiger partial charge in [0.25, 0.3) is 5.91 Å². The van der Waals surface area contributed by atoms with Gasteiger partial charge in [-0.15, -0.1) is 0 Å². The fourth-order valence-corrected chi connectivity index (χ4v) is 3.78. The van der Waals surface area contributed by atoms with Crippen LogP contribution >= 0.6 is 0 Å². The summed E-state index contributed by atoms with van der Waals surface area (Å²) in [5, 5.41) is 2.52. The first-order valence-electron chi connectivity index (χ1n) is 9.42. The molecule has 3 amide bonds. The Morgan fingerprint density at radius 3 is 2.40 bits per heavy atom. The number of carbonyl (C=O) groups is 3. The summed E-state index contributed by atoms with van der Waals surface area (Å²) < 4.78 is 26.9. The van der Waals surface area contributed by atoms with Gasteiger partial charge in [0.15, 0.2) is 5.78 Å². The highest BCUT2D eigenvalue weighted by Gasteiger charge is 2.55. The van der Waals surface area contributed by atoms with Crippen LogP contribution in [0.15, 0.2) is 36.7 Å². The predicted molar refractivity (Wildman–Crippen MR) is 103 cm³/mol. The average molecular weight is 415 g/mol. The highest BCUT2D eigenvalue weighted by Crippen LogP contribution is 2.41. The average Bonchev–Trinajstić information content (AvgIpc) is 2.95. The van der Waals surface area contributed by atoms with Crippen molar-refractivity contribution in [3.63, 3.8) is 0 Å². The van der Waals surface area contributed by atoms with Crippen molar-refractivity contribution in [2.24, 2.45) is 0 Å². The number of rotatable bonds is 4. The molecule has 1 saturated carbocycles. The lowest BCUT2D eigenvalue weighted by molar-refractivity contribution is -0.135. The number of carbonyl (C=O) groups excluding carboxylic acids is 3. The Balaban J connectivity index is 1.46. The van der Waals surface area contributed by atoms with Gasteiger partial charge in [-0.1, -0.05) is 24.3 Å². The van der Waals surface area contributed by atoms with E-state index in [4.69, 9.17) is 5.73 Å². The third-order valence-electron chi connectivity index (χ3n) is 5.54. The molecule has 30 heavy (non-hydrogen) atoms. The molecule has 3 N–H and O–H groups in total.